The summed E-state index contributed by atoms with van der Waals surface area (Å²) in [6.07, 6.45) is 0.172. The minimum absolute atomic E-state index is 0.0164. The van der Waals surface area contributed by atoms with Crippen molar-refractivity contribution in [3.63, 3.8) is 0 Å². The Kier molecular flexibility index (Phi) is 12.2. The van der Waals surface area contributed by atoms with Crippen LogP contribution in [0.15, 0.2) is 95.9 Å². The first-order valence-corrected chi connectivity index (χ1v) is 17.4. The van der Waals surface area contributed by atoms with Crippen LogP contribution in [0.4, 0.5) is 5.69 Å². The molecule has 0 aliphatic carbocycles. The zero-order valence-electron chi connectivity index (χ0n) is 26.4. The zero-order valence-corrected chi connectivity index (χ0v) is 29.5. The fourth-order valence-electron chi connectivity index (χ4n) is 4.95. The number of carbonyl (C=O) groups excluding carboxylic acids is 2. The Hall–Kier alpha value is -3.76. The van der Waals surface area contributed by atoms with Gasteiger partial charge < -0.3 is 15.0 Å². The molecule has 8 nitrogen and oxygen atoms in total. The number of aryl methyl sites for hydroxylation is 1. The molecular weight excluding hydrogens is 681 g/mol. The van der Waals surface area contributed by atoms with E-state index in [1.165, 1.54) is 42.3 Å². The molecule has 4 rings (SSSR count). The second-order valence-electron chi connectivity index (χ2n) is 11.3. The van der Waals surface area contributed by atoms with Gasteiger partial charge in [0, 0.05) is 19.0 Å². The number of hydrogen-bond acceptors (Lipinski definition) is 5. The highest BCUT2D eigenvalue weighted by molar-refractivity contribution is 7.92. The molecule has 0 fully saturated rings. The van der Waals surface area contributed by atoms with Crippen LogP contribution < -0.4 is 14.4 Å². The van der Waals surface area contributed by atoms with Gasteiger partial charge in [-0.25, -0.2) is 8.42 Å². The number of ether oxygens (including phenoxy) is 1. The minimum Gasteiger partial charge on any atom is -0.495 e. The van der Waals surface area contributed by atoms with E-state index in [-0.39, 0.29) is 39.6 Å². The van der Waals surface area contributed by atoms with Gasteiger partial charge in [-0.05, 0) is 74.4 Å². The van der Waals surface area contributed by atoms with Crippen LogP contribution in [0.5, 0.6) is 5.75 Å². The summed E-state index contributed by atoms with van der Waals surface area (Å²) >= 11 is 18.9. The Bertz CT molecular complexity index is 1820. The van der Waals surface area contributed by atoms with Gasteiger partial charge in [0.1, 0.15) is 18.3 Å². The van der Waals surface area contributed by atoms with Crippen molar-refractivity contribution in [2.24, 2.45) is 0 Å². The Morgan fingerprint density at radius 2 is 1.51 bits per heavy atom. The lowest BCUT2D eigenvalue weighted by molar-refractivity contribution is -0.140. The molecule has 248 valence electrons. The lowest BCUT2D eigenvalue weighted by Crippen LogP contribution is -2.54. The predicted octanol–water partition coefficient (Wildman–Crippen LogP) is 7.32. The third kappa shape index (κ3) is 9.20. The van der Waals surface area contributed by atoms with Crippen molar-refractivity contribution >= 4 is 62.3 Å². The van der Waals surface area contributed by atoms with E-state index in [4.69, 9.17) is 39.5 Å². The maximum Gasteiger partial charge on any atom is 0.264 e. The number of methoxy groups -OCH3 is 1. The zero-order chi connectivity index (χ0) is 34.3. The fraction of sp³-hybridized carbons (Fsp3) is 0.257. The summed E-state index contributed by atoms with van der Waals surface area (Å²) in [4.78, 5) is 29.8. The number of sulfonamides is 1. The number of carbonyl (C=O) groups is 2. The molecule has 0 spiro atoms. The largest absolute Gasteiger partial charge is 0.495 e. The molecule has 4 aromatic rings. The highest BCUT2D eigenvalue weighted by Gasteiger charge is 2.35. The molecule has 12 heteroatoms. The van der Waals surface area contributed by atoms with Gasteiger partial charge in [0.2, 0.25) is 11.8 Å². The smallest absolute Gasteiger partial charge is 0.264 e. The molecule has 0 radical (unpaired) electrons. The second kappa shape index (κ2) is 15.9. The van der Waals surface area contributed by atoms with Gasteiger partial charge in [0.05, 0.1) is 32.8 Å². The molecule has 0 unspecified atom stereocenters. The van der Waals surface area contributed by atoms with E-state index in [9.17, 15) is 18.0 Å². The molecule has 0 heterocycles. The number of nitrogens with one attached hydrogen (secondary N) is 1. The van der Waals surface area contributed by atoms with Crippen molar-refractivity contribution in [3.05, 3.63) is 123 Å². The summed E-state index contributed by atoms with van der Waals surface area (Å²) in [6, 6.07) is 23.8. The standard InChI is InChI=1S/C35H36Cl3N3O5S/c1-23(2)39-35(43)32(19-25-8-6-5-7-9-25)40(21-26-12-16-29(36)30(37)18-26)34(42)22-41(27-13-17-33(46-4)31(38)20-27)47(44,45)28-14-10-24(3)11-15-28/h5-18,20,23,32H,19,21-22H2,1-4H3,(H,39,43)/t32-/m1/s1. The van der Waals surface area contributed by atoms with Gasteiger partial charge in [0.25, 0.3) is 10.0 Å². The molecule has 47 heavy (non-hydrogen) atoms. The van der Waals surface area contributed by atoms with E-state index in [1.54, 1.807) is 30.3 Å². The van der Waals surface area contributed by atoms with Crippen molar-refractivity contribution in [2.75, 3.05) is 18.0 Å². The van der Waals surface area contributed by atoms with Crippen LogP contribution in [0.2, 0.25) is 15.1 Å². The minimum atomic E-state index is -4.30. The van der Waals surface area contributed by atoms with Crippen molar-refractivity contribution in [1.82, 2.24) is 10.2 Å². The molecule has 1 atom stereocenters. The Balaban J connectivity index is 1.84. The van der Waals surface area contributed by atoms with Crippen molar-refractivity contribution < 1.29 is 22.7 Å². The number of amides is 2. The first-order valence-electron chi connectivity index (χ1n) is 14.8. The molecule has 0 saturated heterocycles. The van der Waals surface area contributed by atoms with Crippen LogP contribution in [0.1, 0.15) is 30.5 Å². The Labute approximate surface area is 291 Å². The fourth-order valence-corrected chi connectivity index (χ4v) is 6.92. The lowest BCUT2D eigenvalue weighted by atomic mass is 10.0. The monoisotopic (exact) mass is 715 g/mol. The van der Waals surface area contributed by atoms with Gasteiger partial charge in [-0.2, -0.15) is 0 Å². The number of halogens is 3. The predicted molar refractivity (Wildman–Crippen MR) is 188 cm³/mol. The summed E-state index contributed by atoms with van der Waals surface area (Å²) in [7, 11) is -2.85. The molecule has 1 N–H and O–H groups in total. The van der Waals surface area contributed by atoms with Crippen molar-refractivity contribution in [2.45, 2.75) is 50.7 Å². The molecule has 0 bridgehead atoms. The molecule has 2 amide bonds. The topological polar surface area (TPSA) is 96.0 Å². The average molecular weight is 717 g/mol. The average Bonchev–Trinajstić information content (AvgIpc) is 3.03. The summed E-state index contributed by atoms with van der Waals surface area (Å²) in [5, 5.41) is 3.70. The lowest BCUT2D eigenvalue weighted by Gasteiger charge is -2.34. The van der Waals surface area contributed by atoms with Gasteiger partial charge in [-0.15, -0.1) is 0 Å². The van der Waals surface area contributed by atoms with Gasteiger partial charge >= 0.3 is 0 Å². The Morgan fingerprint density at radius 3 is 2.11 bits per heavy atom. The number of benzene rings is 4. The van der Waals surface area contributed by atoms with E-state index < -0.39 is 34.4 Å². The normalized spacial score (nSPS) is 12.0. The maximum atomic E-state index is 14.6. The summed E-state index contributed by atoms with van der Waals surface area (Å²) in [6.45, 7) is 4.80. The third-order valence-corrected chi connectivity index (χ3v) is 10.2. The molecule has 0 aromatic heterocycles. The molecule has 0 aliphatic heterocycles. The van der Waals surface area contributed by atoms with Crippen LogP contribution >= 0.6 is 34.8 Å². The van der Waals surface area contributed by atoms with Gasteiger partial charge in [-0.1, -0.05) is 88.9 Å². The van der Waals surface area contributed by atoms with E-state index in [0.717, 1.165) is 15.4 Å². The first-order chi connectivity index (χ1) is 22.3. The van der Waals surface area contributed by atoms with E-state index in [2.05, 4.69) is 5.32 Å². The second-order valence-corrected chi connectivity index (χ2v) is 14.4. The van der Waals surface area contributed by atoms with Crippen molar-refractivity contribution in [1.29, 1.82) is 0 Å². The number of anilines is 1. The molecule has 0 aliphatic rings. The van der Waals surface area contributed by atoms with Gasteiger partial charge in [0.15, 0.2) is 0 Å². The maximum absolute atomic E-state index is 14.6. The van der Waals surface area contributed by atoms with Crippen LogP contribution in [0, 0.1) is 6.92 Å². The van der Waals surface area contributed by atoms with E-state index >= 15 is 0 Å². The number of hydrogen-bond donors (Lipinski definition) is 1. The number of nitrogens with zero attached hydrogens (tertiary/aromatic N) is 2. The Morgan fingerprint density at radius 1 is 0.830 bits per heavy atom. The third-order valence-electron chi connectivity index (χ3n) is 7.35. The SMILES string of the molecule is COc1ccc(N(CC(=O)N(Cc2ccc(Cl)c(Cl)c2)[C@H](Cc2ccccc2)C(=O)NC(C)C)S(=O)(=O)c2ccc(C)cc2)cc1Cl. The summed E-state index contributed by atoms with van der Waals surface area (Å²) < 4.78 is 34.7. The van der Waals surface area contributed by atoms with Crippen LogP contribution in [-0.2, 0) is 32.6 Å². The van der Waals surface area contributed by atoms with Crippen LogP contribution in [-0.4, -0.2) is 50.9 Å². The number of rotatable bonds is 13. The van der Waals surface area contributed by atoms with Crippen LogP contribution in [0.25, 0.3) is 0 Å². The highest BCUT2D eigenvalue weighted by Crippen LogP contribution is 2.32. The van der Waals surface area contributed by atoms with E-state index in [1.807, 2.05) is 51.1 Å². The summed E-state index contributed by atoms with van der Waals surface area (Å²) in [5.41, 5.74) is 2.43. The van der Waals surface area contributed by atoms with Crippen LogP contribution in [0.3, 0.4) is 0 Å². The van der Waals surface area contributed by atoms with E-state index in [0.29, 0.717) is 16.3 Å². The highest BCUT2D eigenvalue weighted by atomic mass is 35.5. The molecule has 0 saturated carbocycles. The first kappa shape index (κ1) is 36.1. The molecule has 4 aromatic carbocycles. The van der Waals surface area contributed by atoms with Gasteiger partial charge in [-0.3, -0.25) is 13.9 Å². The summed E-state index contributed by atoms with van der Waals surface area (Å²) in [5.74, 6) is -0.680. The molecular formula is C35H36Cl3N3O5S. The van der Waals surface area contributed by atoms with Crippen molar-refractivity contribution in [3.8, 4) is 5.75 Å². The quantitative estimate of drug-likeness (QED) is 0.157.